The molecule has 2 atom stereocenters. The third-order valence-corrected chi connectivity index (χ3v) is 6.46. The van der Waals surface area contributed by atoms with Crippen molar-refractivity contribution in [2.45, 2.75) is 38.2 Å². The minimum Gasteiger partial charge on any atom is -0.494 e. The molecule has 2 heterocycles. The number of aromatic nitrogens is 2. The van der Waals surface area contributed by atoms with Crippen LogP contribution in [0, 0.1) is 12.7 Å². The number of carbonyl (C=O) groups excluding carboxylic acids is 1. The van der Waals surface area contributed by atoms with Crippen molar-refractivity contribution in [1.29, 1.82) is 0 Å². The molecule has 5 rings (SSSR count). The maximum absolute atomic E-state index is 14.2. The van der Waals surface area contributed by atoms with Gasteiger partial charge in [0.05, 0.1) is 43.3 Å². The third kappa shape index (κ3) is 5.95. The number of rotatable bonds is 9. The van der Waals surface area contributed by atoms with E-state index in [1.807, 2.05) is 0 Å². The van der Waals surface area contributed by atoms with Crippen LogP contribution in [0.3, 0.4) is 0 Å². The van der Waals surface area contributed by atoms with Gasteiger partial charge in [-0.15, -0.1) is 0 Å². The fourth-order valence-corrected chi connectivity index (χ4v) is 4.28. The maximum atomic E-state index is 14.2. The van der Waals surface area contributed by atoms with E-state index in [-0.39, 0.29) is 28.8 Å². The molecule has 1 amide bonds. The second-order valence-corrected chi connectivity index (χ2v) is 9.48. The standard InChI is InChI=1S/C28H25F5N4O3/c1-15-9-16(3-5-19(15)27(38)36-22-12-20(22)29)24-13-35-26-23(34-8-7-28(31,32)33)11-18(14-37(24)26)40-17-4-6-25(39-2)21(30)10-17/h3-6,9-11,13-14,20,22,34H,7-8,12H2,1-2H3,(H,36,38). The van der Waals surface area contributed by atoms with Crippen LogP contribution in [0.1, 0.15) is 28.8 Å². The summed E-state index contributed by atoms with van der Waals surface area (Å²) in [7, 11) is 1.33. The average molecular weight is 561 g/mol. The minimum absolute atomic E-state index is 0.0309. The van der Waals surface area contributed by atoms with Gasteiger partial charge in [0.2, 0.25) is 0 Å². The van der Waals surface area contributed by atoms with E-state index < -0.39 is 37.2 Å². The van der Waals surface area contributed by atoms with Crippen LogP contribution in [-0.2, 0) is 0 Å². The Morgan fingerprint density at radius 3 is 2.58 bits per heavy atom. The predicted octanol–water partition coefficient (Wildman–Crippen LogP) is 6.45. The number of hydrogen-bond donors (Lipinski definition) is 2. The van der Waals surface area contributed by atoms with Crippen molar-refractivity contribution in [2.24, 2.45) is 0 Å². The lowest BCUT2D eigenvalue weighted by molar-refractivity contribution is -0.131. The Morgan fingerprint density at radius 2 is 1.93 bits per heavy atom. The molecule has 2 unspecified atom stereocenters. The zero-order valence-electron chi connectivity index (χ0n) is 21.5. The average Bonchev–Trinajstić information content (AvgIpc) is 3.40. The number of halogens is 5. The summed E-state index contributed by atoms with van der Waals surface area (Å²) in [4.78, 5) is 16.9. The number of imidazole rings is 1. The smallest absolute Gasteiger partial charge is 0.390 e. The number of benzene rings is 2. The number of ether oxygens (including phenoxy) is 2. The van der Waals surface area contributed by atoms with Crippen molar-refractivity contribution < 1.29 is 36.2 Å². The summed E-state index contributed by atoms with van der Waals surface area (Å²) < 4.78 is 78.3. The Morgan fingerprint density at radius 1 is 1.15 bits per heavy atom. The highest BCUT2D eigenvalue weighted by atomic mass is 19.4. The molecule has 0 bridgehead atoms. The van der Waals surface area contributed by atoms with Crippen molar-refractivity contribution >= 4 is 17.2 Å². The largest absolute Gasteiger partial charge is 0.494 e. The highest BCUT2D eigenvalue weighted by Crippen LogP contribution is 2.33. The molecule has 0 aliphatic heterocycles. The molecule has 0 saturated heterocycles. The summed E-state index contributed by atoms with van der Waals surface area (Å²) in [5, 5.41) is 5.42. The van der Waals surface area contributed by atoms with Crippen LogP contribution >= 0.6 is 0 Å². The van der Waals surface area contributed by atoms with E-state index in [1.54, 1.807) is 41.9 Å². The van der Waals surface area contributed by atoms with Gasteiger partial charge in [0.25, 0.3) is 5.91 Å². The van der Waals surface area contributed by atoms with Crippen LogP contribution in [0.25, 0.3) is 16.9 Å². The number of anilines is 1. The fourth-order valence-electron chi connectivity index (χ4n) is 4.28. The van der Waals surface area contributed by atoms with Crippen LogP contribution in [0.4, 0.5) is 27.6 Å². The normalized spacial score (nSPS) is 16.6. The molecule has 210 valence electrons. The van der Waals surface area contributed by atoms with Crippen LogP contribution < -0.4 is 20.1 Å². The summed E-state index contributed by atoms with van der Waals surface area (Å²) in [5.41, 5.74) is 2.90. The number of amides is 1. The molecular formula is C28H25F5N4O3. The van der Waals surface area contributed by atoms with Gasteiger partial charge >= 0.3 is 6.18 Å². The molecule has 7 nitrogen and oxygen atoms in total. The van der Waals surface area contributed by atoms with E-state index in [2.05, 4.69) is 15.6 Å². The topological polar surface area (TPSA) is 76.9 Å². The second-order valence-electron chi connectivity index (χ2n) is 9.48. The molecular weight excluding hydrogens is 535 g/mol. The third-order valence-electron chi connectivity index (χ3n) is 6.46. The Labute approximate surface area is 225 Å². The first-order valence-corrected chi connectivity index (χ1v) is 12.4. The summed E-state index contributed by atoms with van der Waals surface area (Å²) >= 11 is 0. The monoisotopic (exact) mass is 560 g/mol. The van der Waals surface area contributed by atoms with Gasteiger partial charge in [-0.25, -0.2) is 13.8 Å². The zero-order chi connectivity index (χ0) is 28.6. The van der Waals surface area contributed by atoms with E-state index in [9.17, 15) is 26.7 Å². The van der Waals surface area contributed by atoms with Crippen molar-refractivity contribution in [3.05, 3.63) is 71.8 Å². The molecule has 12 heteroatoms. The lowest BCUT2D eigenvalue weighted by Crippen LogP contribution is -2.27. The van der Waals surface area contributed by atoms with Crippen molar-refractivity contribution in [2.75, 3.05) is 19.0 Å². The minimum atomic E-state index is -4.35. The zero-order valence-corrected chi connectivity index (χ0v) is 21.5. The van der Waals surface area contributed by atoms with Crippen molar-refractivity contribution in [3.63, 3.8) is 0 Å². The molecule has 1 fully saturated rings. The Hall–Kier alpha value is -4.35. The molecule has 0 radical (unpaired) electrons. The summed E-state index contributed by atoms with van der Waals surface area (Å²) in [6.07, 6.45) is -3.00. The lowest BCUT2D eigenvalue weighted by Gasteiger charge is -2.14. The van der Waals surface area contributed by atoms with Gasteiger partial charge in [-0.3, -0.25) is 9.20 Å². The molecule has 1 aliphatic carbocycles. The summed E-state index contributed by atoms with van der Waals surface area (Å²) in [6.45, 7) is 1.35. The fraction of sp³-hybridized carbons (Fsp3) is 0.286. The quantitative estimate of drug-likeness (QED) is 0.230. The van der Waals surface area contributed by atoms with E-state index in [0.717, 1.165) is 6.07 Å². The number of nitrogens with zero attached hydrogens (tertiary/aromatic N) is 2. The van der Waals surface area contributed by atoms with Crippen LogP contribution in [0.15, 0.2) is 54.9 Å². The van der Waals surface area contributed by atoms with E-state index in [0.29, 0.717) is 34.5 Å². The first-order chi connectivity index (χ1) is 19.0. The molecule has 2 N–H and O–H groups in total. The van der Waals surface area contributed by atoms with Crippen molar-refractivity contribution in [3.8, 4) is 28.5 Å². The van der Waals surface area contributed by atoms with Crippen molar-refractivity contribution in [1.82, 2.24) is 14.7 Å². The highest BCUT2D eigenvalue weighted by molar-refractivity contribution is 5.96. The molecule has 0 spiro atoms. The van der Waals surface area contributed by atoms with Crippen LogP contribution in [0.2, 0.25) is 0 Å². The molecule has 2 aromatic heterocycles. The Balaban J connectivity index is 1.49. The summed E-state index contributed by atoms with van der Waals surface area (Å²) in [6, 6.07) is 10.1. The first-order valence-electron chi connectivity index (χ1n) is 12.4. The molecule has 4 aromatic rings. The SMILES string of the molecule is COc1ccc(Oc2cc(NCCC(F)(F)F)c3ncc(-c4ccc(C(=O)NC5CC5F)c(C)c4)n3c2)cc1F. The van der Waals surface area contributed by atoms with Gasteiger partial charge in [0.15, 0.2) is 17.2 Å². The second kappa shape index (κ2) is 10.7. The van der Waals surface area contributed by atoms with E-state index in [1.165, 1.54) is 25.3 Å². The van der Waals surface area contributed by atoms with Crippen LogP contribution in [-0.4, -0.2) is 47.3 Å². The number of carbonyl (C=O) groups is 1. The predicted molar refractivity (Wildman–Crippen MR) is 138 cm³/mol. The molecule has 1 aliphatic rings. The molecule has 1 saturated carbocycles. The number of nitrogens with one attached hydrogen (secondary N) is 2. The van der Waals surface area contributed by atoms with Gasteiger partial charge in [-0.1, -0.05) is 6.07 Å². The van der Waals surface area contributed by atoms with Gasteiger partial charge in [0, 0.05) is 36.2 Å². The number of methoxy groups -OCH3 is 1. The van der Waals surface area contributed by atoms with E-state index >= 15 is 0 Å². The van der Waals surface area contributed by atoms with Crippen LogP contribution in [0.5, 0.6) is 17.2 Å². The van der Waals surface area contributed by atoms with Gasteiger partial charge in [0.1, 0.15) is 17.7 Å². The Bertz CT molecular complexity index is 1570. The molecule has 2 aromatic carbocycles. The van der Waals surface area contributed by atoms with Gasteiger partial charge in [-0.05, 0) is 36.8 Å². The number of aryl methyl sites for hydroxylation is 1. The first kappa shape index (κ1) is 27.2. The number of hydrogen-bond acceptors (Lipinski definition) is 5. The number of alkyl halides is 4. The van der Waals surface area contributed by atoms with Gasteiger partial charge < -0.3 is 20.1 Å². The van der Waals surface area contributed by atoms with E-state index in [4.69, 9.17) is 9.47 Å². The van der Waals surface area contributed by atoms with Gasteiger partial charge in [-0.2, -0.15) is 13.2 Å². The molecule has 40 heavy (non-hydrogen) atoms. The number of fused-ring (bicyclic) bond motifs is 1. The summed E-state index contributed by atoms with van der Waals surface area (Å²) in [5.74, 6) is -0.618. The number of pyridine rings is 1. The lowest BCUT2D eigenvalue weighted by atomic mass is 10.0. The highest BCUT2D eigenvalue weighted by Gasteiger charge is 2.39. The maximum Gasteiger partial charge on any atom is 0.390 e. The Kier molecular flexibility index (Phi) is 7.26.